The monoisotopic (exact) mass is 335 g/mol. The van der Waals surface area contributed by atoms with Gasteiger partial charge in [-0.1, -0.05) is 32.9 Å². The van der Waals surface area contributed by atoms with Gasteiger partial charge in [0.25, 0.3) is 0 Å². The summed E-state index contributed by atoms with van der Waals surface area (Å²) in [6.07, 6.45) is 1.76. The number of nitrogens with zero attached hydrogens (tertiary/aromatic N) is 1. The third kappa shape index (κ3) is 3.77. The number of amides is 1. The molecule has 1 saturated heterocycles. The molecule has 2 rings (SSSR count). The van der Waals surface area contributed by atoms with E-state index in [1.165, 1.54) is 12.1 Å². The Morgan fingerprint density at radius 3 is 2.58 bits per heavy atom. The predicted molar refractivity (Wildman–Crippen MR) is 90.0 cm³/mol. The molecule has 2 atom stereocenters. The van der Waals surface area contributed by atoms with Gasteiger partial charge in [-0.05, 0) is 42.9 Å². The average Bonchev–Trinajstić information content (AvgIpc) is 2.98. The summed E-state index contributed by atoms with van der Waals surface area (Å²) in [6, 6.07) is 6.41. The minimum Gasteiger partial charge on any atom is -0.481 e. The van der Waals surface area contributed by atoms with Crippen LogP contribution in [-0.4, -0.2) is 35.0 Å². The minimum atomic E-state index is -0.835. The molecule has 1 N–H and O–H groups in total. The van der Waals surface area contributed by atoms with Gasteiger partial charge >= 0.3 is 5.97 Å². The van der Waals surface area contributed by atoms with E-state index >= 15 is 0 Å². The highest BCUT2D eigenvalue weighted by molar-refractivity contribution is 5.82. The van der Waals surface area contributed by atoms with Gasteiger partial charge in [-0.2, -0.15) is 0 Å². The fourth-order valence-electron chi connectivity index (χ4n) is 3.42. The van der Waals surface area contributed by atoms with Crippen molar-refractivity contribution < 1.29 is 19.1 Å². The van der Waals surface area contributed by atoms with E-state index in [0.717, 1.165) is 5.56 Å². The number of likely N-dealkylation sites (tertiary alicyclic amines) is 1. The Labute approximate surface area is 142 Å². The number of halogens is 1. The summed E-state index contributed by atoms with van der Waals surface area (Å²) >= 11 is 0. The maximum atomic E-state index is 13.2. The maximum absolute atomic E-state index is 13.2. The molecule has 1 aliphatic rings. The number of carboxylic acids is 1. The molecule has 4 nitrogen and oxygen atoms in total. The van der Waals surface area contributed by atoms with Gasteiger partial charge in [0.15, 0.2) is 0 Å². The molecule has 0 aliphatic carbocycles. The number of hydrogen-bond acceptors (Lipinski definition) is 2. The van der Waals surface area contributed by atoms with Gasteiger partial charge in [0.1, 0.15) is 5.82 Å². The Balaban J connectivity index is 1.95. The number of rotatable bonds is 6. The van der Waals surface area contributed by atoms with Crippen molar-refractivity contribution in [1.29, 1.82) is 0 Å². The molecule has 132 valence electrons. The largest absolute Gasteiger partial charge is 0.481 e. The van der Waals surface area contributed by atoms with Crippen molar-refractivity contribution in [3.05, 3.63) is 35.6 Å². The molecule has 1 amide bonds. The number of hydrogen-bond donors (Lipinski definition) is 1. The van der Waals surface area contributed by atoms with E-state index in [0.29, 0.717) is 25.8 Å². The van der Waals surface area contributed by atoms with Crippen molar-refractivity contribution in [1.82, 2.24) is 4.90 Å². The summed E-state index contributed by atoms with van der Waals surface area (Å²) in [5.41, 5.74) is 0.0379. The number of carboxylic acid groups (broad SMARTS) is 1. The molecular formula is C19H26FNO3. The minimum absolute atomic E-state index is 0.00446. The maximum Gasteiger partial charge on any atom is 0.311 e. The van der Waals surface area contributed by atoms with Gasteiger partial charge in [0.05, 0.1) is 5.41 Å². The molecule has 1 heterocycles. The van der Waals surface area contributed by atoms with Crippen LogP contribution in [-0.2, 0) is 16.0 Å². The van der Waals surface area contributed by atoms with Gasteiger partial charge in [0, 0.05) is 19.0 Å². The van der Waals surface area contributed by atoms with Crippen LogP contribution in [0.3, 0.4) is 0 Å². The van der Waals surface area contributed by atoms with Crippen LogP contribution in [0.25, 0.3) is 0 Å². The van der Waals surface area contributed by atoms with E-state index in [9.17, 15) is 19.1 Å². The Morgan fingerprint density at radius 1 is 1.33 bits per heavy atom. The summed E-state index contributed by atoms with van der Waals surface area (Å²) in [4.78, 5) is 26.0. The molecule has 0 bridgehead atoms. The lowest BCUT2D eigenvalue weighted by atomic mass is 9.76. The molecule has 0 saturated carbocycles. The van der Waals surface area contributed by atoms with Gasteiger partial charge < -0.3 is 10.0 Å². The van der Waals surface area contributed by atoms with Crippen molar-refractivity contribution in [3.8, 4) is 0 Å². The smallest absolute Gasteiger partial charge is 0.311 e. The third-order valence-electron chi connectivity index (χ3n) is 5.32. The van der Waals surface area contributed by atoms with E-state index in [1.54, 1.807) is 11.0 Å². The molecule has 0 spiro atoms. The molecule has 24 heavy (non-hydrogen) atoms. The van der Waals surface area contributed by atoms with Crippen molar-refractivity contribution in [2.45, 2.75) is 40.0 Å². The zero-order valence-corrected chi connectivity index (χ0v) is 14.6. The van der Waals surface area contributed by atoms with E-state index in [2.05, 4.69) is 0 Å². The lowest BCUT2D eigenvalue weighted by Gasteiger charge is -2.29. The van der Waals surface area contributed by atoms with Crippen LogP contribution < -0.4 is 0 Å². The number of aryl methyl sites for hydroxylation is 1. The number of carbonyl (C=O) groups is 2. The van der Waals surface area contributed by atoms with Crippen molar-refractivity contribution in [2.75, 3.05) is 13.1 Å². The second-order valence-corrected chi connectivity index (χ2v) is 7.20. The zero-order valence-electron chi connectivity index (χ0n) is 14.6. The topological polar surface area (TPSA) is 57.6 Å². The number of benzene rings is 1. The van der Waals surface area contributed by atoms with Gasteiger partial charge in [-0.15, -0.1) is 0 Å². The van der Waals surface area contributed by atoms with E-state index < -0.39 is 11.4 Å². The lowest BCUT2D eigenvalue weighted by molar-refractivity contribution is -0.151. The van der Waals surface area contributed by atoms with E-state index in [-0.39, 0.29) is 30.1 Å². The van der Waals surface area contributed by atoms with Crippen LogP contribution in [0.5, 0.6) is 0 Å². The van der Waals surface area contributed by atoms with Gasteiger partial charge in [-0.25, -0.2) is 4.39 Å². The first-order chi connectivity index (χ1) is 11.3. The fourth-order valence-corrected chi connectivity index (χ4v) is 3.42. The summed E-state index contributed by atoms with van der Waals surface area (Å²) < 4.78 is 13.2. The Bertz CT molecular complexity index is 616. The normalized spacial score (nSPS) is 22.0. The number of carbonyl (C=O) groups excluding carboxylic acids is 1. The van der Waals surface area contributed by atoms with Crippen molar-refractivity contribution in [2.24, 2.45) is 17.3 Å². The summed E-state index contributed by atoms with van der Waals surface area (Å²) in [7, 11) is 0. The molecular weight excluding hydrogens is 309 g/mol. The van der Waals surface area contributed by atoms with Crippen LogP contribution in [0, 0.1) is 23.1 Å². The highest BCUT2D eigenvalue weighted by Crippen LogP contribution is 2.38. The molecule has 0 aromatic heterocycles. The van der Waals surface area contributed by atoms with Crippen LogP contribution >= 0.6 is 0 Å². The summed E-state index contributed by atoms with van der Waals surface area (Å²) in [6.45, 7) is 6.43. The molecule has 0 radical (unpaired) electrons. The Morgan fingerprint density at radius 2 is 2.04 bits per heavy atom. The van der Waals surface area contributed by atoms with Crippen molar-refractivity contribution >= 4 is 11.9 Å². The van der Waals surface area contributed by atoms with Crippen molar-refractivity contribution in [3.63, 3.8) is 0 Å². The predicted octanol–water partition coefficient (Wildman–Crippen LogP) is 3.35. The Hall–Kier alpha value is -1.91. The summed E-state index contributed by atoms with van der Waals surface area (Å²) in [5.74, 6) is -1.31. The summed E-state index contributed by atoms with van der Waals surface area (Å²) in [5, 5.41) is 9.58. The van der Waals surface area contributed by atoms with E-state index in [1.807, 2.05) is 26.8 Å². The second-order valence-electron chi connectivity index (χ2n) is 7.20. The first-order valence-corrected chi connectivity index (χ1v) is 8.53. The van der Waals surface area contributed by atoms with E-state index in [4.69, 9.17) is 0 Å². The molecule has 1 aliphatic heterocycles. The average molecular weight is 335 g/mol. The van der Waals surface area contributed by atoms with Crippen LogP contribution in [0.1, 0.15) is 39.2 Å². The SMILES string of the molecule is CC(CCc1cccc(F)c1)C(=O)N1CCC(C(=O)O)(C(C)C)C1. The molecule has 1 fully saturated rings. The quantitative estimate of drug-likeness (QED) is 0.867. The van der Waals surface area contributed by atoms with Crippen LogP contribution in [0.2, 0.25) is 0 Å². The Kier molecular flexibility index (Phi) is 5.62. The standard InChI is InChI=1S/C19H26FNO3/c1-13(2)19(18(23)24)9-10-21(12-19)17(22)14(3)7-8-15-5-4-6-16(20)11-15/h4-6,11,13-14H,7-10,12H2,1-3H3,(H,23,24). The molecule has 1 aromatic rings. The first-order valence-electron chi connectivity index (χ1n) is 8.53. The zero-order chi connectivity index (χ0) is 17.9. The second kappa shape index (κ2) is 7.32. The van der Waals surface area contributed by atoms with Gasteiger partial charge in [0.2, 0.25) is 5.91 Å². The van der Waals surface area contributed by atoms with Crippen LogP contribution in [0.4, 0.5) is 4.39 Å². The number of aliphatic carboxylic acids is 1. The molecule has 2 unspecified atom stereocenters. The first kappa shape index (κ1) is 18.4. The molecule has 1 aromatic carbocycles. The van der Waals surface area contributed by atoms with Gasteiger partial charge in [-0.3, -0.25) is 9.59 Å². The lowest BCUT2D eigenvalue weighted by Crippen LogP contribution is -2.41. The fraction of sp³-hybridized carbons (Fsp3) is 0.579. The molecule has 5 heteroatoms. The highest BCUT2D eigenvalue weighted by Gasteiger charge is 2.48. The third-order valence-corrected chi connectivity index (χ3v) is 5.32. The van der Waals surface area contributed by atoms with Crippen LogP contribution in [0.15, 0.2) is 24.3 Å². The highest BCUT2D eigenvalue weighted by atomic mass is 19.1.